The van der Waals surface area contributed by atoms with Crippen LogP contribution >= 0.6 is 0 Å². The van der Waals surface area contributed by atoms with Gasteiger partial charge in [0.05, 0.1) is 18.9 Å². The molecule has 3 N–H and O–H groups in total. The molecule has 9 heteroatoms. The van der Waals surface area contributed by atoms with E-state index in [9.17, 15) is 9.18 Å². The zero-order valence-electron chi connectivity index (χ0n) is 17.5. The molecule has 1 amide bonds. The number of nitrogens with one attached hydrogen (secondary N) is 3. The SMILES string of the molecule is CNC(=O)c1cccc(CONc2ncc(F)c(Nc3ccc(OC(C)C)cc3)n2)c1. The Labute approximate surface area is 179 Å². The normalized spacial score (nSPS) is 10.6. The van der Waals surface area contributed by atoms with Crippen LogP contribution in [0.15, 0.2) is 54.7 Å². The largest absolute Gasteiger partial charge is 0.491 e. The first kappa shape index (κ1) is 22.0. The van der Waals surface area contributed by atoms with Gasteiger partial charge in [-0.2, -0.15) is 4.98 Å². The summed E-state index contributed by atoms with van der Waals surface area (Å²) in [5.41, 5.74) is 4.54. The lowest BCUT2D eigenvalue weighted by Gasteiger charge is -2.12. The van der Waals surface area contributed by atoms with Crippen LogP contribution < -0.4 is 20.9 Å². The van der Waals surface area contributed by atoms with Crippen molar-refractivity contribution in [1.82, 2.24) is 15.3 Å². The fourth-order valence-electron chi connectivity index (χ4n) is 2.66. The monoisotopic (exact) mass is 425 g/mol. The van der Waals surface area contributed by atoms with E-state index < -0.39 is 5.82 Å². The predicted molar refractivity (Wildman–Crippen MR) is 116 cm³/mol. The van der Waals surface area contributed by atoms with Gasteiger partial charge in [-0.15, -0.1) is 0 Å². The van der Waals surface area contributed by atoms with Gasteiger partial charge >= 0.3 is 0 Å². The van der Waals surface area contributed by atoms with Crippen LogP contribution in [-0.2, 0) is 11.4 Å². The second-order valence-electron chi connectivity index (χ2n) is 6.88. The second-order valence-corrected chi connectivity index (χ2v) is 6.88. The van der Waals surface area contributed by atoms with Gasteiger partial charge in [-0.05, 0) is 55.8 Å². The molecule has 31 heavy (non-hydrogen) atoms. The molecule has 0 aliphatic carbocycles. The Morgan fingerprint density at radius 2 is 1.94 bits per heavy atom. The maximum absolute atomic E-state index is 14.1. The summed E-state index contributed by atoms with van der Waals surface area (Å²) in [7, 11) is 1.57. The fraction of sp³-hybridized carbons (Fsp3) is 0.227. The lowest BCUT2D eigenvalue weighted by Crippen LogP contribution is -2.17. The maximum atomic E-state index is 14.1. The van der Waals surface area contributed by atoms with Gasteiger partial charge in [0.25, 0.3) is 5.91 Å². The predicted octanol–water partition coefficient (Wildman–Crippen LogP) is 4.05. The first-order chi connectivity index (χ1) is 14.9. The molecular weight excluding hydrogens is 401 g/mol. The standard InChI is InChI=1S/C22H24FN5O3/c1-14(2)31-18-9-7-17(8-10-18)26-20-19(23)12-25-22(27-20)28-30-13-15-5-4-6-16(11-15)21(29)24-3/h4-12,14H,13H2,1-3H3,(H,24,29)(H2,25,26,27,28). The zero-order valence-corrected chi connectivity index (χ0v) is 17.5. The summed E-state index contributed by atoms with van der Waals surface area (Å²) >= 11 is 0. The number of ether oxygens (including phenoxy) is 1. The number of hydrogen-bond donors (Lipinski definition) is 3. The molecule has 0 atom stereocenters. The van der Waals surface area contributed by atoms with Crippen LogP contribution in [0.5, 0.6) is 5.75 Å². The number of carbonyl (C=O) groups excluding carboxylic acids is 1. The van der Waals surface area contributed by atoms with E-state index >= 15 is 0 Å². The van der Waals surface area contributed by atoms with Crippen LogP contribution in [0.1, 0.15) is 29.8 Å². The van der Waals surface area contributed by atoms with Crippen molar-refractivity contribution in [3.05, 3.63) is 71.7 Å². The summed E-state index contributed by atoms with van der Waals surface area (Å²) in [6, 6.07) is 14.1. The average Bonchev–Trinajstić information content (AvgIpc) is 2.76. The highest BCUT2D eigenvalue weighted by Crippen LogP contribution is 2.22. The number of aromatic nitrogens is 2. The molecule has 0 aliphatic rings. The number of halogens is 1. The van der Waals surface area contributed by atoms with Crippen molar-refractivity contribution in [1.29, 1.82) is 0 Å². The molecule has 0 unspecified atom stereocenters. The minimum absolute atomic E-state index is 0.000224. The van der Waals surface area contributed by atoms with E-state index in [4.69, 9.17) is 9.57 Å². The first-order valence-electron chi connectivity index (χ1n) is 9.69. The van der Waals surface area contributed by atoms with Crippen LogP contribution in [0.4, 0.5) is 21.8 Å². The third-order valence-electron chi connectivity index (χ3n) is 4.05. The van der Waals surface area contributed by atoms with E-state index in [2.05, 4.69) is 26.1 Å². The molecule has 3 rings (SSSR count). The Morgan fingerprint density at radius 1 is 1.16 bits per heavy atom. The van der Waals surface area contributed by atoms with Crippen molar-refractivity contribution in [2.45, 2.75) is 26.6 Å². The Hall–Kier alpha value is -3.72. The Kier molecular flexibility index (Phi) is 7.34. The van der Waals surface area contributed by atoms with E-state index in [-0.39, 0.29) is 30.4 Å². The lowest BCUT2D eigenvalue weighted by atomic mass is 10.1. The molecule has 8 nitrogen and oxygen atoms in total. The summed E-state index contributed by atoms with van der Waals surface area (Å²) in [5, 5.41) is 5.47. The number of hydrogen-bond acceptors (Lipinski definition) is 7. The van der Waals surface area contributed by atoms with Gasteiger partial charge in [0.1, 0.15) is 5.75 Å². The van der Waals surface area contributed by atoms with Crippen molar-refractivity contribution < 1.29 is 18.8 Å². The molecule has 0 bridgehead atoms. The molecule has 1 aromatic heterocycles. The van der Waals surface area contributed by atoms with Gasteiger partial charge in [-0.1, -0.05) is 12.1 Å². The van der Waals surface area contributed by atoms with Crippen LogP contribution in [0.3, 0.4) is 0 Å². The molecule has 0 saturated carbocycles. The molecule has 3 aromatic rings. The van der Waals surface area contributed by atoms with Crippen molar-refractivity contribution in [3.63, 3.8) is 0 Å². The van der Waals surface area contributed by atoms with Gasteiger partial charge in [0.2, 0.25) is 5.95 Å². The lowest BCUT2D eigenvalue weighted by molar-refractivity contribution is 0.0962. The van der Waals surface area contributed by atoms with E-state index in [1.54, 1.807) is 49.5 Å². The molecule has 0 fully saturated rings. The van der Waals surface area contributed by atoms with E-state index in [0.29, 0.717) is 11.3 Å². The van der Waals surface area contributed by atoms with Gasteiger partial charge in [0, 0.05) is 18.3 Å². The molecule has 0 aliphatic heterocycles. The van der Waals surface area contributed by atoms with Gasteiger partial charge in [0.15, 0.2) is 11.6 Å². The second kappa shape index (κ2) is 10.4. The summed E-state index contributed by atoms with van der Waals surface area (Å²) in [5.74, 6) is 0.0221. The van der Waals surface area contributed by atoms with E-state index in [0.717, 1.165) is 17.5 Å². The summed E-state index contributed by atoms with van der Waals surface area (Å²) in [6.07, 6.45) is 1.11. The number of benzene rings is 2. The highest BCUT2D eigenvalue weighted by molar-refractivity contribution is 5.94. The van der Waals surface area contributed by atoms with Crippen LogP contribution in [0.25, 0.3) is 0 Å². The van der Waals surface area contributed by atoms with Gasteiger partial charge in [-0.3, -0.25) is 9.63 Å². The van der Waals surface area contributed by atoms with E-state index in [1.165, 1.54) is 0 Å². The molecule has 162 valence electrons. The Bertz CT molecular complexity index is 1030. The Balaban J connectivity index is 1.60. The molecular formula is C22H24FN5O3. The fourth-order valence-corrected chi connectivity index (χ4v) is 2.66. The topological polar surface area (TPSA) is 97.4 Å². The first-order valence-corrected chi connectivity index (χ1v) is 9.69. The van der Waals surface area contributed by atoms with Crippen molar-refractivity contribution >= 4 is 23.4 Å². The molecule has 0 radical (unpaired) electrons. The van der Waals surface area contributed by atoms with Gasteiger partial charge in [-0.25, -0.2) is 14.9 Å². The molecule has 0 saturated heterocycles. The molecule has 1 heterocycles. The quantitative estimate of drug-likeness (QED) is 0.445. The van der Waals surface area contributed by atoms with Crippen LogP contribution in [-0.4, -0.2) is 29.0 Å². The summed E-state index contributed by atoms with van der Waals surface area (Å²) < 4.78 is 19.7. The van der Waals surface area contributed by atoms with Crippen LogP contribution in [0.2, 0.25) is 0 Å². The van der Waals surface area contributed by atoms with Crippen molar-refractivity contribution in [2.75, 3.05) is 17.8 Å². The summed E-state index contributed by atoms with van der Waals surface area (Å²) in [4.78, 5) is 25.1. The maximum Gasteiger partial charge on any atom is 0.251 e. The third-order valence-corrected chi connectivity index (χ3v) is 4.05. The number of anilines is 3. The van der Waals surface area contributed by atoms with E-state index in [1.807, 2.05) is 19.9 Å². The average molecular weight is 425 g/mol. The number of amides is 1. The highest BCUT2D eigenvalue weighted by Gasteiger charge is 2.09. The number of carbonyl (C=O) groups is 1. The number of rotatable bonds is 9. The summed E-state index contributed by atoms with van der Waals surface area (Å²) in [6.45, 7) is 4.04. The van der Waals surface area contributed by atoms with Crippen molar-refractivity contribution in [2.24, 2.45) is 0 Å². The smallest absolute Gasteiger partial charge is 0.251 e. The highest BCUT2D eigenvalue weighted by atomic mass is 19.1. The van der Waals surface area contributed by atoms with Gasteiger partial charge < -0.3 is 15.4 Å². The molecule has 2 aromatic carbocycles. The third kappa shape index (κ3) is 6.38. The molecule has 0 spiro atoms. The minimum Gasteiger partial charge on any atom is -0.491 e. The van der Waals surface area contributed by atoms with Crippen LogP contribution in [0, 0.1) is 5.82 Å². The van der Waals surface area contributed by atoms with Crippen molar-refractivity contribution in [3.8, 4) is 5.75 Å². The number of nitrogens with zero attached hydrogens (tertiary/aromatic N) is 2. The Morgan fingerprint density at radius 3 is 2.65 bits per heavy atom. The zero-order chi connectivity index (χ0) is 22.2. The minimum atomic E-state index is -0.605.